The maximum absolute atomic E-state index is 12.6. The largest absolute Gasteiger partial charge is 0.321 e. The van der Waals surface area contributed by atoms with E-state index in [4.69, 9.17) is 0 Å². The van der Waals surface area contributed by atoms with E-state index in [1.807, 2.05) is 6.92 Å². The Morgan fingerprint density at radius 1 is 1.25 bits per heavy atom. The highest BCUT2D eigenvalue weighted by Crippen LogP contribution is 2.23. The van der Waals surface area contributed by atoms with Crippen LogP contribution in [0.3, 0.4) is 0 Å². The lowest BCUT2D eigenvalue weighted by molar-refractivity contribution is -0.133. The van der Waals surface area contributed by atoms with Crippen LogP contribution in [0, 0.1) is 0 Å². The van der Waals surface area contributed by atoms with Gasteiger partial charge in [0.05, 0.1) is 22.4 Å². The van der Waals surface area contributed by atoms with Gasteiger partial charge in [-0.1, -0.05) is 13.3 Å². The van der Waals surface area contributed by atoms with Gasteiger partial charge in [-0.3, -0.25) is 9.59 Å². The second-order valence-electron chi connectivity index (χ2n) is 8.00. The molecule has 1 fully saturated rings. The molecule has 0 aliphatic carbocycles. The topological polar surface area (TPSA) is 133 Å². The Bertz CT molecular complexity index is 1110. The third kappa shape index (κ3) is 5.54. The standard InChI is InChI=1S/C20H28N4O6S2/c1-3-4-12-23(2)32(29,30)17-7-5-15(6-8-17)21-20(26)18-9-10-19(25)24(22-18)16-11-13-31(27,28)14-16/h5-8,16H,3-4,9-14H2,1-2H3,(H,21,26). The van der Waals surface area contributed by atoms with Gasteiger partial charge in [0.15, 0.2) is 9.84 Å². The van der Waals surface area contributed by atoms with Gasteiger partial charge in [-0.05, 0) is 37.1 Å². The number of sulfonamides is 1. The van der Waals surface area contributed by atoms with Gasteiger partial charge in [0, 0.05) is 32.1 Å². The van der Waals surface area contributed by atoms with Crippen LogP contribution >= 0.6 is 0 Å². The number of hydrazone groups is 1. The summed E-state index contributed by atoms with van der Waals surface area (Å²) in [5.74, 6) is -0.967. The molecule has 0 radical (unpaired) electrons. The van der Waals surface area contributed by atoms with Crippen LogP contribution < -0.4 is 5.32 Å². The first-order chi connectivity index (χ1) is 15.0. The summed E-state index contributed by atoms with van der Waals surface area (Å²) in [5, 5.41) is 7.93. The van der Waals surface area contributed by atoms with E-state index in [1.54, 1.807) is 0 Å². The first kappa shape index (κ1) is 24.3. The maximum Gasteiger partial charge on any atom is 0.271 e. The van der Waals surface area contributed by atoms with Gasteiger partial charge in [0.1, 0.15) is 5.71 Å². The van der Waals surface area contributed by atoms with Crippen molar-refractivity contribution in [3.63, 3.8) is 0 Å². The summed E-state index contributed by atoms with van der Waals surface area (Å²) >= 11 is 0. The second-order valence-corrected chi connectivity index (χ2v) is 12.3. The third-order valence-corrected chi connectivity index (χ3v) is 9.14. The summed E-state index contributed by atoms with van der Waals surface area (Å²) in [7, 11) is -5.27. The van der Waals surface area contributed by atoms with Crippen molar-refractivity contribution in [1.82, 2.24) is 9.31 Å². The molecule has 0 aromatic heterocycles. The van der Waals surface area contributed by atoms with E-state index in [-0.39, 0.29) is 40.9 Å². The van der Waals surface area contributed by atoms with E-state index < -0.39 is 31.8 Å². The first-order valence-corrected chi connectivity index (χ1v) is 13.8. The number of carbonyl (C=O) groups excluding carboxylic acids is 2. The van der Waals surface area contributed by atoms with E-state index in [2.05, 4.69) is 10.4 Å². The molecule has 1 unspecified atom stereocenters. The molecule has 32 heavy (non-hydrogen) atoms. The van der Waals surface area contributed by atoms with Crippen molar-refractivity contribution >= 4 is 43.1 Å². The number of hydrogen-bond acceptors (Lipinski definition) is 7. The molecule has 10 nitrogen and oxygen atoms in total. The van der Waals surface area contributed by atoms with Crippen molar-refractivity contribution in [2.24, 2.45) is 5.10 Å². The Morgan fingerprint density at radius 3 is 2.53 bits per heavy atom. The van der Waals surface area contributed by atoms with Crippen LogP contribution in [-0.4, -0.2) is 74.8 Å². The molecule has 2 aliphatic heterocycles. The number of anilines is 1. The average Bonchev–Trinajstić information content (AvgIpc) is 3.12. The van der Waals surface area contributed by atoms with Crippen molar-refractivity contribution in [3.05, 3.63) is 24.3 Å². The Kier molecular flexibility index (Phi) is 7.36. The van der Waals surface area contributed by atoms with Crippen LogP contribution in [-0.2, 0) is 29.4 Å². The van der Waals surface area contributed by atoms with Crippen LogP contribution in [0.1, 0.15) is 39.0 Å². The van der Waals surface area contributed by atoms with Crippen molar-refractivity contribution in [2.45, 2.75) is 50.0 Å². The summed E-state index contributed by atoms with van der Waals surface area (Å²) in [5.41, 5.74) is 0.518. The van der Waals surface area contributed by atoms with Gasteiger partial charge >= 0.3 is 0 Å². The smallest absolute Gasteiger partial charge is 0.271 e. The van der Waals surface area contributed by atoms with Crippen LogP contribution in [0.5, 0.6) is 0 Å². The predicted molar refractivity (Wildman–Crippen MR) is 120 cm³/mol. The summed E-state index contributed by atoms with van der Waals surface area (Å²) < 4.78 is 49.9. The van der Waals surface area contributed by atoms with Gasteiger partial charge in [-0.25, -0.2) is 26.1 Å². The number of nitrogens with zero attached hydrogens (tertiary/aromatic N) is 3. The molecular weight excluding hydrogens is 456 g/mol. The number of nitrogens with one attached hydrogen (secondary N) is 1. The van der Waals surface area contributed by atoms with Crippen molar-refractivity contribution in [3.8, 4) is 0 Å². The average molecular weight is 485 g/mol. The Hall–Kier alpha value is -2.31. The number of rotatable bonds is 8. The van der Waals surface area contributed by atoms with Crippen molar-refractivity contribution in [1.29, 1.82) is 0 Å². The highest BCUT2D eigenvalue weighted by molar-refractivity contribution is 7.91. The lowest BCUT2D eigenvalue weighted by atomic mass is 10.1. The normalized spacial score (nSPS) is 21.0. The van der Waals surface area contributed by atoms with Gasteiger partial charge in [0.2, 0.25) is 15.9 Å². The highest BCUT2D eigenvalue weighted by atomic mass is 32.2. The van der Waals surface area contributed by atoms with Gasteiger partial charge < -0.3 is 5.32 Å². The number of carbonyl (C=O) groups is 2. The molecule has 2 amide bonds. The maximum atomic E-state index is 12.6. The quantitative estimate of drug-likeness (QED) is 0.590. The molecule has 0 spiro atoms. The molecule has 0 bridgehead atoms. The SMILES string of the molecule is CCCCN(C)S(=O)(=O)c1ccc(NC(=O)C2=NN(C3CCS(=O)(=O)C3)C(=O)CC2)cc1. The zero-order valence-corrected chi connectivity index (χ0v) is 19.8. The molecule has 12 heteroatoms. The fourth-order valence-corrected chi connectivity index (χ4v) is 6.48. The number of amides is 2. The zero-order chi connectivity index (χ0) is 23.5. The Morgan fingerprint density at radius 2 is 1.94 bits per heavy atom. The van der Waals surface area contributed by atoms with Crippen molar-refractivity contribution < 1.29 is 26.4 Å². The van der Waals surface area contributed by atoms with Gasteiger partial charge in [-0.15, -0.1) is 0 Å². The second kappa shape index (κ2) is 9.67. The van der Waals surface area contributed by atoms with E-state index in [1.165, 1.54) is 35.6 Å². The molecule has 2 aliphatic rings. The summed E-state index contributed by atoms with van der Waals surface area (Å²) in [4.78, 5) is 25.0. The molecule has 1 atom stereocenters. The zero-order valence-electron chi connectivity index (χ0n) is 18.2. The Balaban J connectivity index is 1.69. The summed E-state index contributed by atoms with van der Waals surface area (Å²) in [6.45, 7) is 2.41. The molecule has 0 saturated carbocycles. The molecular formula is C20H28N4O6S2. The van der Waals surface area contributed by atoms with Gasteiger partial charge in [0.25, 0.3) is 5.91 Å². The predicted octanol–water partition coefficient (Wildman–Crippen LogP) is 1.21. The van der Waals surface area contributed by atoms with Crippen LogP contribution in [0.2, 0.25) is 0 Å². The molecule has 1 aromatic carbocycles. The molecule has 1 N–H and O–H groups in total. The lowest BCUT2D eigenvalue weighted by Gasteiger charge is -2.27. The highest BCUT2D eigenvalue weighted by Gasteiger charge is 2.37. The van der Waals surface area contributed by atoms with Crippen molar-refractivity contribution in [2.75, 3.05) is 30.4 Å². The third-order valence-electron chi connectivity index (χ3n) is 5.52. The molecule has 1 saturated heterocycles. The fraction of sp³-hybridized carbons (Fsp3) is 0.550. The van der Waals surface area contributed by atoms with Crippen LogP contribution in [0.25, 0.3) is 0 Å². The molecule has 3 rings (SSSR count). The monoisotopic (exact) mass is 484 g/mol. The Labute approximate surface area is 188 Å². The minimum Gasteiger partial charge on any atom is -0.321 e. The van der Waals surface area contributed by atoms with E-state index in [9.17, 15) is 26.4 Å². The number of hydrogen-bond donors (Lipinski definition) is 1. The van der Waals surface area contributed by atoms with E-state index in [0.29, 0.717) is 18.7 Å². The number of sulfone groups is 1. The van der Waals surface area contributed by atoms with E-state index >= 15 is 0 Å². The number of benzene rings is 1. The van der Waals surface area contributed by atoms with Gasteiger partial charge in [-0.2, -0.15) is 5.10 Å². The number of unbranched alkanes of at least 4 members (excludes halogenated alkanes) is 1. The summed E-state index contributed by atoms with van der Waals surface area (Å²) in [6, 6.07) is 5.29. The van der Waals surface area contributed by atoms with Crippen LogP contribution in [0.15, 0.2) is 34.3 Å². The lowest BCUT2D eigenvalue weighted by Crippen LogP contribution is -2.42. The van der Waals surface area contributed by atoms with Crippen LogP contribution in [0.4, 0.5) is 5.69 Å². The molecule has 176 valence electrons. The minimum absolute atomic E-state index is 0.00137. The molecule has 1 aromatic rings. The fourth-order valence-electron chi connectivity index (χ4n) is 3.58. The summed E-state index contributed by atoms with van der Waals surface area (Å²) in [6.07, 6.45) is 2.17. The first-order valence-electron chi connectivity index (χ1n) is 10.5. The van der Waals surface area contributed by atoms with E-state index in [0.717, 1.165) is 17.9 Å². The molecule has 2 heterocycles. The minimum atomic E-state index is -3.61.